The van der Waals surface area contributed by atoms with Crippen LogP contribution < -0.4 is 10.9 Å². The topological polar surface area (TPSA) is 87.5 Å². The van der Waals surface area contributed by atoms with Crippen LogP contribution in [0.15, 0.2) is 65.5 Å². The van der Waals surface area contributed by atoms with E-state index in [1.54, 1.807) is 0 Å². The Hall–Kier alpha value is -3.36. The Labute approximate surface area is 185 Å². The summed E-state index contributed by atoms with van der Waals surface area (Å²) in [5.41, 5.74) is 2.20. The van der Waals surface area contributed by atoms with E-state index in [1.807, 2.05) is 24.3 Å². The SMILES string of the molecule is O=C(NCc1ccc(CN2CCC(O)CC2)cc1)c1ccc(=O)n(-c2ccc(F)cc2)n1. The molecule has 7 nitrogen and oxygen atoms in total. The minimum atomic E-state index is -0.420. The Morgan fingerprint density at radius 3 is 2.34 bits per heavy atom. The first-order valence-electron chi connectivity index (χ1n) is 10.6. The average Bonchev–Trinajstić information content (AvgIpc) is 2.81. The summed E-state index contributed by atoms with van der Waals surface area (Å²) in [5.74, 6) is -0.826. The van der Waals surface area contributed by atoms with Gasteiger partial charge in [0.15, 0.2) is 0 Å². The Bertz CT molecular complexity index is 1120. The number of piperidine rings is 1. The van der Waals surface area contributed by atoms with E-state index in [0.29, 0.717) is 12.2 Å². The normalized spacial score (nSPS) is 14.9. The van der Waals surface area contributed by atoms with Crippen molar-refractivity contribution >= 4 is 5.91 Å². The van der Waals surface area contributed by atoms with Crippen molar-refractivity contribution in [2.45, 2.75) is 32.0 Å². The molecule has 4 rings (SSSR count). The van der Waals surface area contributed by atoms with Gasteiger partial charge in [-0.05, 0) is 54.3 Å². The van der Waals surface area contributed by atoms with Crippen LogP contribution in [0.1, 0.15) is 34.5 Å². The Morgan fingerprint density at radius 1 is 1.00 bits per heavy atom. The molecule has 0 radical (unpaired) electrons. The summed E-state index contributed by atoms with van der Waals surface area (Å²) in [5, 5.41) is 16.5. The van der Waals surface area contributed by atoms with Crippen LogP contribution in [0.5, 0.6) is 0 Å². The second-order valence-electron chi connectivity index (χ2n) is 7.95. The highest BCUT2D eigenvalue weighted by atomic mass is 19.1. The van der Waals surface area contributed by atoms with E-state index >= 15 is 0 Å². The van der Waals surface area contributed by atoms with E-state index in [4.69, 9.17) is 0 Å². The first-order valence-corrected chi connectivity index (χ1v) is 10.6. The van der Waals surface area contributed by atoms with Crippen molar-refractivity contribution in [2.75, 3.05) is 13.1 Å². The lowest BCUT2D eigenvalue weighted by molar-refractivity contribution is 0.0792. The fourth-order valence-corrected chi connectivity index (χ4v) is 3.67. The molecule has 1 aliphatic rings. The fourth-order valence-electron chi connectivity index (χ4n) is 3.67. The summed E-state index contributed by atoms with van der Waals surface area (Å²) in [4.78, 5) is 27.0. The number of amides is 1. The fraction of sp³-hybridized carbons (Fsp3) is 0.292. The molecule has 2 heterocycles. The molecule has 166 valence electrons. The lowest BCUT2D eigenvalue weighted by Crippen LogP contribution is -2.35. The minimum Gasteiger partial charge on any atom is -0.393 e. The van der Waals surface area contributed by atoms with Gasteiger partial charge in [0.05, 0.1) is 11.8 Å². The van der Waals surface area contributed by atoms with Gasteiger partial charge in [0.2, 0.25) is 0 Å². The lowest BCUT2D eigenvalue weighted by Gasteiger charge is -2.29. The first-order chi connectivity index (χ1) is 15.5. The van der Waals surface area contributed by atoms with Crippen LogP contribution in [-0.4, -0.2) is 44.9 Å². The second-order valence-corrected chi connectivity index (χ2v) is 7.95. The van der Waals surface area contributed by atoms with Crippen molar-refractivity contribution in [1.29, 1.82) is 0 Å². The number of rotatable bonds is 6. The van der Waals surface area contributed by atoms with Gasteiger partial charge < -0.3 is 10.4 Å². The van der Waals surface area contributed by atoms with Gasteiger partial charge in [-0.3, -0.25) is 14.5 Å². The van der Waals surface area contributed by atoms with E-state index in [-0.39, 0.29) is 11.8 Å². The number of nitrogens with zero attached hydrogens (tertiary/aromatic N) is 3. The number of aliphatic hydroxyl groups is 1. The number of carbonyl (C=O) groups excluding carboxylic acids is 1. The monoisotopic (exact) mass is 436 g/mol. The van der Waals surface area contributed by atoms with Crippen LogP contribution in [0.3, 0.4) is 0 Å². The molecule has 0 bridgehead atoms. The zero-order chi connectivity index (χ0) is 22.5. The number of hydrogen-bond donors (Lipinski definition) is 2. The summed E-state index contributed by atoms with van der Waals surface area (Å²) in [6.45, 7) is 2.96. The average molecular weight is 436 g/mol. The molecule has 0 spiro atoms. The van der Waals surface area contributed by atoms with Gasteiger partial charge in [-0.2, -0.15) is 9.78 Å². The van der Waals surface area contributed by atoms with Crippen LogP contribution >= 0.6 is 0 Å². The maximum Gasteiger partial charge on any atom is 0.272 e. The van der Waals surface area contributed by atoms with Crippen molar-refractivity contribution in [3.05, 3.63) is 93.7 Å². The highest BCUT2D eigenvalue weighted by Crippen LogP contribution is 2.14. The number of nitrogens with one attached hydrogen (secondary N) is 1. The minimum absolute atomic E-state index is 0.0952. The van der Waals surface area contributed by atoms with Crippen LogP contribution in [0.4, 0.5) is 4.39 Å². The highest BCUT2D eigenvalue weighted by Gasteiger charge is 2.17. The molecule has 1 aliphatic heterocycles. The molecule has 0 saturated carbocycles. The lowest BCUT2D eigenvalue weighted by atomic mass is 10.1. The van der Waals surface area contributed by atoms with Crippen molar-refractivity contribution in [1.82, 2.24) is 20.0 Å². The standard InChI is InChI=1S/C24H25FN4O3/c25-19-5-7-20(8-6-19)29-23(31)10-9-22(27-29)24(32)26-15-17-1-3-18(4-2-17)16-28-13-11-21(30)12-14-28/h1-10,21,30H,11-16H2,(H,26,32). The van der Waals surface area contributed by atoms with Gasteiger partial charge in [0.1, 0.15) is 11.5 Å². The summed E-state index contributed by atoms with van der Waals surface area (Å²) < 4.78 is 14.2. The molecule has 8 heteroatoms. The van der Waals surface area contributed by atoms with Crippen molar-refractivity contribution in [3.63, 3.8) is 0 Å². The van der Waals surface area contributed by atoms with Gasteiger partial charge >= 0.3 is 0 Å². The molecule has 0 unspecified atom stereocenters. The number of carbonyl (C=O) groups is 1. The molecule has 1 aromatic heterocycles. The molecule has 0 atom stereocenters. The third kappa shape index (κ3) is 5.46. The van der Waals surface area contributed by atoms with Gasteiger partial charge in [-0.15, -0.1) is 0 Å². The van der Waals surface area contributed by atoms with E-state index < -0.39 is 17.3 Å². The molecule has 0 aliphatic carbocycles. The van der Waals surface area contributed by atoms with Crippen LogP contribution in [0.2, 0.25) is 0 Å². The second kappa shape index (κ2) is 9.84. The van der Waals surface area contributed by atoms with E-state index in [1.165, 1.54) is 42.0 Å². The Balaban J connectivity index is 1.36. The predicted octanol–water partition coefficient (Wildman–Crippen LogP) is 2.26. The molecule has 1 fully saturated rings. The van der Waals surface area contributed by atoms with Crippen molar-refractivity contribution < 1.29 is 14.3 Å². The molecule has 3 aromatic rings. The maximum absolute atomic E-state index is 13.1. The smallest absolute Gasteiger partial charge is 0.272 e. The highest BCUT2D eigenvalue weighted by molar-refractivity contribution is 5.92. The first kappa shape index (κ1) is 21.9. The van der Waals surface area contributed by atoms with Crippen molar-refractivity contribution in [3.8, 4) is 5.69 Å². The zero-order valence-corrected chi connectivity index (χ0v) is 17.6. The van der Waals surface area contributed by atoms with Gasteiger partial charge in [0.25, 0.3) is 11.5 Å². The maximum atomic E-state index is 13.1. The Morgan fingerprint density at radius 2 is 1.66 bits per heavy atom. The van der Waals surface area contributed by atoms with Gasteiger partial charge in [0, 0.05) is 32.2 Å². The van der Waals surface area contributed by atoms with E-state index in [9.17, 15) is 19.1 Å². The van der Waals surface area contributed by atoms with Crippen LogP contribution in [0.25, 0.3) is 5.69 Å². The molecule has 2 N–H and O–H groups in total. The van der Waals surface area contributed by atoms with Crippen molar-refractivity contribution in [2.24, 2.45) is 0 Å². The quantitative estimate of drug-likeness (QED) is 0.619. The third-order valence-electron chi connectivity index (χ3n) is 5.54. The number of aliphatic hydroxyl groups excluding tert-OH is 1. The number of hydrogen-bond acceptors (Lipinski definition) is 5. The number of likely N-dealkylation sites (tertiary alicyclic amines) is 1. The molecule has 1 saturated heterocycles. The number of halogens is 1. The van der Waals surface area contributed by atoms with Gasteiger partial charge in [-0.1, -0.05) is 24.3 Å². The predicted molar refractivity (Wildman–Crippen MR) is 118 cm³/mol. The van der Waals surface area contributed by atoms with Gasteiger partial charge in [-0.25, -0.2) is 4.39 Å². The summed E-state index contributed by atoms with van der Waals surface area (Å²) in [6.07, 6.45) is 1.45. The number of aromatic nitrogens is 2. The molecular weight excluding hydrogens is 411 g/mol. The third-order valence-corrected chi connectivity index (χ3v) is 5.54. The molecule has 1 amide bonds. The van der Waals surface area contributed by atoms with E-state index in [0.717, 1.165) is 42.7 Å². The summed E-state index contributed by atoms with van der Waals surface area (Å²) >= 11 is 0. The molecular formula is C24H25FN4O3. The van der Waals surface area contributed by atoms with Crippen LogP contribution in [0, 0.1) is 5.82 Å². The van der Waals surface area contributed by atoms with Crippen LogP contribution in [-0.2, 0) is 13.1 Å². The van der Waals surface area contributed by atoms with E-state index in [2.05, 4.69) is 15.3 Å². The summed E-state index contributed by atoms with van der Waals surface area (Å²) in [7, 11) is 0. The molecule has 32 heavy (non-hydrogen) atoms. The molecule has 2 aromatic carbocycles. The number of benzene rings is 2. The zero-order valence-electron chi connectivity index (χ0n) is 17.6. The summed E-state index contributed by atoms with van der Waals surface area (Å²) in [6, 6.07) is 16.0. The largest absolute Gasteiger partial charge is 0.393 e. The Kier molecular flexibility index (Phi) is 6.72.